The second-order valence-corrected chi connectivity index (χ2v) is 5.55. The number of hydrogen-bond donors (Lipinski definition) is 2. The molecule has 1 aromatic heterocycles. The van der Waals surface area contributed by atoms with Gasteiger partial charge in [0, 0.05) is 23.7 Å². The van der Waals surface area contributed by atoms with E-state index in [0.29, 0.717) is 11.5 Å². The third-order valence-electron chi connectivity index (χ3n) is 3.67. The zero-order valence-corrected chi connectivity index (χ0v) is 11.4. The average Bonchev–Trinajstić information content (AvgIpc) is 3.21. The summed E-state index contributed by atoms with van der Waals surface area (Å²) in [4.78, 5) is 6.78. The summed E-state index contributed by atoms with van der Waals surface area (Å²) >= 11 is 0. The van der Waals surface area contributed by atoms with E-state index in [1.807, 2.05) is 19.1 Å². The Morgan fingerprint density at radius 1 is 1.29 bits per heavy atom. The fourth-order valence-corrected chi connectivity index (χ4v) is 2.52. The summed E-state index contributed by atoms with van der Waals surface area (Å²) in [6.45, 7) is 1.88. The molecule has 4 nitrogen and oxygen atoms in total. The average molecular weight is 296 g/mol. The number of allylic oxidation sites excluding steroid dienone is 3. The summed E-state index contributed by atoms with van der Waals surface area (Å²) in [6.07, 6.45) is 3.61. The number of nitrogens with two attached hydrogens (primary N) is 1. The maximum atomic E-state index is 12.5. The molecule has 0 aromatic carbocycles. The van der Waals surface area contributed by atoms with Crippen molar-refractivity contribution < 1.29 is 13.2 Å². The molecule has 0 radical (unpaired) electrons. The van der Waals surface area contributed by atoms with Crippen LogP contribution in [0.4, 0.5) is 13.2 Å². The third-order valence-corrected chi connectivity index (χ3v) is 3.67. The Bertz CT molecular complexity index is 614. The first-order valence-corrected chi connectivity index (χ1v) is 6.66. The van der Waals surface area contributed by atoms with Crippen LogP contribution in [0.3, 0.4) is 0 Å². The number of alkyl halides is 3. The molecule has 7 heteroatoms. The van der Waals surface area contributed by atoms with Gasteiger partial charge in [-0.25, -0.2) is 9.97 Å². The predicted molar refractivity (Wildman–Crippen MR) is 71.5 cm³/mol. The lowest BCUT2D eigenvalue weighted by atomic mass is 9.94. The van der Waals surface area contributed by atoms with Gasteiger partial charge in [-0.3, -0.25) is 0 Å². The first-order chi connectivity index (χ1) is 9.78. The van der Waals surface area contributed by atoms with Gasteiger partial charge in [0.25, 0.3) is 0 Å². The molecule has 0 spiro atoms. The van der Waals surface area contributed by atoms with Gasteiger partial charge in [-0.1, -0.05) is 0 Å². The van der Waals surface area contributed by atoms with Crippen molar-refractivity contribution in [1.82, 2.24) is 15.3 Å². The normalized spacial score (nSPS) is 26.0. The van der Waals surface area contributed by atoms with E-state index in [4.69, 9.17) is 5.73 Å². The minimum absolute atomic E-state index is 0.353. The van der Waals surface area contributed by atoms with Crippen molar-refractivity contribution >= 4 is 5.57 Å². The lowest BCUT2D eigenvalue weighted by molar-refractivity contribution is -0.145. The molecule has 0 saturated heterocycles. The molecule has 3 N–H and O–H groups in total. The molecule has 1 unspecified atom stereocenters. The summed E-state index contributed by atoms with van der Waals surface area (Å²) in [6, 6.07) is 0. The van der Waals surface area contributed by atoms with Gasteiger partial charge >= 0.3 is 6.18 Å². The van der Waals surface area contributed by atoms with Crippen LogP contribution >= 0.6 is 0 Å². The first kappa shape index (κ1) is 14.1. The number of hydrogen-bond acceptors (Lipinski definition) is 4. The van der Waals surface area contributed by atoms with Gasteiger partial charge in [0.05, 0.1) is 0 Å². The van der Waals surface area contributed by atoms with Crippen LogP contribution in [-0.4, -0.2) is 15.6 Å². The number of nitrogens with zero attached hydrogens (tertiary/aromatic N) is 2. The van der Waals surface area contributed by atoms with Gasteiger partial charge in [-0.15, -0.1) is 0 Å². The Morgan fingerprint density at radius 3 is 2.43 bits per heavy atom. The Labute approximate surface area is 120 Å². The van der Waals surface area contributed by atoms with Crippen LogP contribution in [0.1, 0.15) is 31.2 Å². The minimum Gasteiger partial charge on any atom is -0.367 e. The Morgan fingerprint density at radius 2 is 1.90 bits per heavy atom. The van der Waals surface area contributed by atoms with E-state index >= 15 is 0 Å². The molecule has 1 aromatic rings. The Kier molecular flexibility index (Phi) is 3.05. The fourth-order valence-electron chi connectivity index (χ4n) is 2.52. The number of dihydropyridines is 1. The van der Waals surface area contributed by atoms with E-state index in [1.54, 1.807) is 0 Å². The monoisotopic (exact) mass is 296 g/mol. The lowest BCUT2D eigenvalue weighted by Crippen LogP contribution is -2.54. The van der Waals surface area contributed by atoms with Crippen molar-refractivity contribution in [3.05, 3.63) is 41.6 Å². The highest BCUT2D eigenvalue weighted by Crippen LogP contribution is 2.41. The highest BCUT2D eigenvalue weighted by atomic mass is 19.4. The van der Waals surface area contributed by atoms with E-state index in [-0.39, 0.29) is 0 Å². The number of rotatable bonds is 2. The topological polar surface area (TPSA) is 63.8 Å². The molecule has 1 fully saturated rings. The molecule has 21 heavy (non-hydrogen) atoms. The van der Waals surface area contributed by atoms with Gasteiger partial charge in [0.2, 0.25) is 5.82 Å². The van der Waals surface area contributed by atoms with Gasteiger partial charge < -0.3 is 11.1 Å². The van der Waals surface area contributed by atoms with Gasteiger partial charge in [-0.2, -0.15) is 13.2 Å². The fraction of sp³-hybridized carbons (Fsp3) is 0.429. The maximum Gasteiger partial charge on any atom is 0.451 e. The summed E-state index contributed by atoms with van der Waals surface area (Å²) in [5.74, 6) is -0.783. The Hall–Kier alpha value is -1.89. The quantitative estimate of drug-likeness (QED) is 0.880. The molecule has 2 heterocycles. The van der Waals surface area contributed by atoms with E-state index in [9.17, 15) is 13.2 Å². The van der Waals surface area contributed by atoms with Crippen LogP contribution in [0.25, 0.3) is 5.57 Å². The maximum absolute atomic E-state index is 12.5. The second-order valence-electron chi connectivity index (χ2n) is 5.55. The van der Waals surface area contributed by atoms with Crippen LogP contribution in [0.5, 0.6) is 0 Å². The van der Waals surface area contributed by atoms with E-state index in [1.165, 1.54) is 12.4 Å². The lowest BCUT2D eigenvalue weighted by Gasteiger charge is -2.33. The van der Waals surface area contributed by atoms with Crippen LogP contribution in [0, 0.1) is 5.92 Å². The molecular formula is C14H15F3N4. The molecule has 1 atom stereocenters. The standard InChI is InChI=1S/C14H15F3N4/c1-8-4-9(5-13(18,21-8)11-2-3-11)10-6-19-12(20-7-10)14(15,16)17/h4-7,11,21H,2-3,18H2,1H3. The van der Waals surface area contributed by atoms with E-state index in [2.05, 4.69) is 15.3 Å². The predicted octanol–water partition coefficient (Wildman–Crippen LogP) is 2.45. The largest absolute Gasteiger partial charge is 0.451 e. The summed E-state index contributed by atoms with van der Waals surface area (Å²) in [7, 11) is 0. The third kappa shape index (κ3) is 2.78. The zero-order valence-electron chi connectivity index (χ0n) is 11.4. The van der Waals surface area contributed by atoms with Crippen molar-refractivity contribution in [1.29, 1.82) is 0 Å². The highest BCUT2D eigenvalue weighted by Gasteiger charge is 2.42. The summed E-state index contributed by atoms with van der Waals surface area (Å²) in [5.41, 5.74) is 7.84. The Balaban J connectivity index is 1.93. The molecular weight excluding hydrogens is 281 g/mol. The second kappa shape index (κ2) is 4.56. The van der Waals surface area contributed by atoms with E-state index < -0.39 is 17.7 Å². The van der Waals surface area contributed by atoms with Crippen molar-refractivity contribution in [2.75, 3.05) is 0 Å². The number of halogens is 3. The smallest absolute Gasteiger partial charge is 0.367 e. The van der Waals surface area contributed by atoms with Crippen molar-refractivity contribution in [3.63, 3.8) is 0 Å². The summed E-state index contributed by atoms with van der Waals surface area (Å²) in [5, 5.41) is 3.23. The summed E-state index contributed by atoms with van der Waals surface area (Å²) < 4.78 is 37.4. The van der Waals surface area contributed by atoms with Crippen LogP contribution in [0.2, 0.25) is 0 Å². The molecule has 2 aliphatic rings. The number of nitrogens with one attached hydrogen (secondary N) is 1. The first-order valence-electron chi connectivity index (χ1n) is 6.66. The van der Waals surface area contributed by atoms with Gasteiger partial charge in [-0.05, 0) is 43.4 Å². The van der Waals surface area contributed by atoms with Gasteiger partial charge in [0.15, 0.2) is 0 Å². The highest BCUT2D eigenvalue weighted by molar-refractivity contribution is 5.76. The SMILES string of the molecule is CC1=CC(c2cnc(C(F)(F)F)nc2)=CC(N)(C2CC2)N1. The molecule has 0 bridgehead atoms. The van der Waals surface area contributed by atoms with Crippen molar-refractivity contribution in [3.8, 4) is 0 Å². The number of aromatic nitrogens is 2. The molecule has 0 amide bonds. The molecule has 1 saturated carbocycles. The van der Waals surface area contributed by atoms with Crippen molar-refractivity contribution in [2.24, 2.45) is 11.7 Å². The van der Waals surface area contributed by atoms with Crippen LogP contribution in [0.15, 0.2) is 30.2 Å². The molecule has 112 valence electrons. The molecule has 1 aliphatic heterocycles. The van der Waals surface area contributed by atoms with Crippen LogP contribution in [-0.2, 0) is 6.18 Å². The molecule has 3 rings (SSSR count). The van der Waals surface area contributed by atoms with Crippen molar-refractivity contribution in [2.45, 2.75) is 31.6 Å². The molecule has 1 aliphatic carbocycles. The minimum atomic E-state index is -4.53. The van der Waals surface area contributed by atoms with E-state index in [0.717, 1.165) is 24.1 Å². The van der Waals surface area contributed by atoms with Gasteiger partial charge in [0.1, 0.15) is 5.66 Å². The van der Waals surface area contributed by atoms with Crippen LogP contribution < -0.4 is 11.1 Å². The zero-order chi connectivity index (χ0) is 15.3.